The van der Waals surface area contributed by atoms with Gasteiger partial charge in [0.2, 0.25) is 0 Å². The zero-order chi connectivity index (χ0) is 15.1. The van der Waals surface area contributed by atoms with E-state index in [1.807, 2.05) is 13.8 Å². The van der Waals surface area contributed by atoms with Crippen molar-refractivity contribution in [1.29, 1.82) is 0 Å². The topological polar surface area (TPSA) is 82.8 Å². The van der Waals surface area contributed by atoms with Gasteiger partial charge in [-0.3, -0.25) is 4.79 Å². The number of rotatable bonds is 7. The molecular formula is C14H22N2O4. The quantitative estimate of drug-likeness (QED) is 0.739. The van der Waals surface area contributed by atoms with Crippen molar-refractivity contribution in [3.63, 3.8) is 0 Å². The van der Waals surface area contributed by atoms with Crippen molar-refractivity contribution in [2.45, 2.75) is 20.0 Å². The van der Waals surface area contributed by atoms with Crippen LogP contribution >= 0.6 is 0 Å². The van der Waals surface area contributed by atoms with E-state index in [9.17, 15) is 4.79 Å². The van der Waals surface area contributed by atoms with E-state index in [-0.39, 0.29) is 12.0 Å². The van der Waals surface area contributed by atoms with Gasteiger partial charge < -0.3 is 25.3 Å². The summed E-state index contributed by atoms with van der Waals surface area (Å²) in [7, 11) is 3.02. The van der Waals surface area contributed by atoms with Crippen molar-refractivity contribution >= 4 is 11.6 Å². The Hall–Kier alpha value is -1.95. The Bertz CT molecular complexity index is 463. The van der Waals surface area contributed by atoms with Gasteiger partial charge in [-0.2, -0.15) is 0 Å². The number of amides is 1. The van der Waals surface area contributed by atoms with E-state index < -0.39 is 0 Å². The minimum atomic E-state index is -0.269. The fraction of sp³-hybridized carbons (Fsp3) is 0.500. The third kappa shape index (κ3) is 4.03. The molecule has 0 bridgehead atoms. The lowest BCUT2D eigenvalue weighted by molar-refractivity contribution is 0.0695. The molecule has 6 heteroatoms. The second-order valence-corrected chi connectivity index (χ2v) is 4.27. The SMILES string of the molecule is CCOC(C)CNC(=O)c1cc(OC)c(OC)cc1N. The van der Waals surface area contributed by atoms with Crippen LogP contribution in [0.1, 0.15) is 24.2 Å². The summed E-state index contributed by atoms with van der Waals surface area (Å²) in [6.45, 7) is 4.82. The maximum Gasteiger partial charge on any atom is 0.253 e. The summed E-state index contributed by atoms with van der Waals surface area (Å²) in [6, 6.07) is 3.13. The predicted octanol–water partition coefficient (Wildman–Crippen LogP) is 1.44. The van der Waals surface area contributed by atoms with Crippen molar-refractivity contribution in [2.75, 3.05) is 33.1 Å². The van der Waals surface area contributed by atoms with Crippen molar-refractivity contribution in [3.05, 3.63) is 17.7 Å². The van der Waals surface area contributed by atoms with E-state index in [0.29, 0.717) is 35.9 Å². The molecule has 0 aliphatic heterocycles. The van der Waals surface area contributed by atoms with Crippen LogP contribution in [0.15, 0.2) is 12.1 Å². The van der Waals surface area contributed by atoms with Crippen LogP contribution in [0, 0.1) is 0 Å². The number of nitrogen functional groups attached to an aromatic ring is 1. The number of carbonyl (C=O) groups excluding carboxylic acids is 1. The first kappa shape index (κ1) is 16.1. The molecule has 3 N–H and O–H groups in total. The van der Waals surface area contributed by atoms with Gasteiger partial charge in [-0.15, -0.1) is 0 Å². The highest BCUT2D eigenvalue weighted by Gasteiger charge is 2.15. The van der Waals surface area contributed by atoms with Crippen molar-refractivity contribution < 1.29 is 19.0 Å². The normalized spacial score (nSPS) is 11.8. The van der Waals surface area contributed by atoms with Gasteiger partial charge >= 0.3 is 0 Å². The number of hydrogen-bond acceptors (Lipinski definition) is 5. The van der Waals surface area contributed by atoms with E-state index in [4.69, 9.17) is 19.9 Å². The maximum atomic E-state index is 12.1. The molecule has 0 saturated carbocycles. The molecule has 0 heterocycles. The van der Waals surface area contributed by atoms with Crippen LogP contribution < -0.4 is 20.5 Å². The zero-order valence-electron chi connectivity index (χ0n) is 12.4. The van der Waals surface area contributed by atoms with Crippen molar-refractivity contribution in [1.82, 2.24) is 5.32 Å². The summed E-state index contributed by atoms with van der Waals surface area (Å²) in [4.78, 5) is 12.1. The second-order valence-electron chi connectivity index (χ2n) is 4.27. The van der Waals surface area contributed by atoms with E-state index in [0.717, 1.165) is 0 Å². The summed E-state index contributed by atoms with van der Waals surface area (Å²) in [5.41, 5.74) is 6.55. The third-order valence-corrected chi connectivity index (χ3v) is 2.80. The van der Waals surface area contributed by atoms with E-state index >= 15 is 0 Å². The van der Waals surface area contributed by atoms with Gasteiger partial charge in [0, 0.05) is 24.9 Å². The fourth-order valence-electron chi connectivity index (χ4n) is 1.77. The molecule has 0 aliphatic rings. The van der Waals surface area contributed by atoms with Gasteiger partial charge in [-0.1, -0.05) is 0 Å². The Kier molecular flexibility index (Phi) is 6.11. The van der Waals surface area contributed by atoms with Gasteiger partial charge in [-0.05, 0) is 19.9 Å². The molecule has 0 fully saturated rings. The first-order valence-corrected chi connectivity index (χ1v) is 6.44. The monoisotopic (exact) mass is 282 g/mol. The average molecular weight is 282 g/mol. The number of anilines is 1. The summed E-state index contributed by atoms with van der Waals surface area (Å²) in [5, 5.41) is 2.77. The summed E-state index contributed by atoms with van der Waals surface area (Å²) < 4.78 is 15.6. The van der Waals surface area contributed by atoms with Gasteiger partial charge in [0.05, 0.1) is 25.9 Å². The second kappa shape index (κ2) is 7.59. The highest BCUT2D eigenvalue weighted by Crippen LogP contribution is 2.31. The highest BCUT2D eigenvalue weighted by atomic mass is 16.5. The molecule has 0 spiro atoms. The molecule has 1 atom stereocenters. The predicted molar refractivity (Wildman–Crippen MR) is 77.4 cm³/mol. The number of methoxy groups -OCH3 is 2. The summed E-state index contributed by atoms with van der Waals surface area (Å²) in [6.07, 6.45) is -0.0506. The fourth-order valence-corrected chi connectivity index (χ4v) is 1.77. The van der Waals surface area contributed by atoms with E-state index in [1.54, 1.807) is 12.1 Å². The van der Waals surface area contributed by atoms with Crippen LogP contribution in [-0.4, -0.2) is 39.4 Å². The number of ether oxygens (including phenoxy) is 3. The molecular weight excluding hydrogens is 260 g/mol. The third-order valence-electron chi connectivity index (χ3n) is 2.80. The molecule has 0 saturated heterocycles. The van der Waals surface area contributed by atoms with Crippen LogP contribution in [0.2, 0.25) is 0 Å². The molecule has 0 aliphatic carbocycles. The number of hydrogen-bond donors (Lipinski definition) is 2. The standard InChI is InChI=1S/C14H22N2O4/c1-5-20-9(2)8-16-14(17)10-6-12(18-3)13(19-4)7-11(10)15/h6-7,9H,5,8,15H2,1-4H3,(H,16,17). The Morgan fingerprint density at radius 2 is 1.90 bits per heavy atom. The molecule has 1 amide bonds. The van der Waals surface area contributed by atoms with Crippen LogP contribution in [0.4, 0.5) is 5.69 Å². The molecule has 1 aromatic rings. The molecule has 6 nitrogen and oxygen atoms in total. The summed E-state index contributed by atoms with van der Waals surface area (Å²) in [5.74, 6) is 0.684. The Balaban J connectivity index is 2.82. The van der Waals surface area contributed by atoms with Crippen LogP contribution in [-0.2, 0) is 4.74 Å². The average Bonchev–Trinajstić information content (AvgIpc) is 2.44. The zero-order valence-corrected chi connectivity index (χ0v) is 12.4. The highest BCUT2D eigenvalue weighted by molar-refractivity contribution is 6.00. The lowest BCUT2D eigenvalue weighted by Crippen LogP contribution is -2.32. The first-order chi connectivity index (χ1) is 9.53. The lowest BCUT2D eigenvalue weighted by Gasteiger charge is -2.15. The van der Waals surface area contributed by atoms with Crippen LogP contribution in [0.25, 0.3) is 0 Å². The lowest BCUT2D eigenvalue weighted by atomic mass is 10.1. The van der Waals surface area contributed by atoms with Gasteiger partial charge in [-0.25, -0.2) is 0 Å². The van der Waals surface area contributed by atoms with Crippen LogP contribution in [0.5, 0.6) is 11.5 Å². The van der Waals surface area contributed by atoms with Gasteiger partial charge in [0.1, 0.15) is 0 Å². The molecule has 1 rings (SSSR count). The summed E-state index contributed by atoms with van der Waals surface area (Å²) >= 11 is 0. The number of benzene rings is 1. The number of nitrogens with two attached hydrogens (primary N) is 1. The smallest absolute Gasteiger partial charge is 0.253 e. The Labute approximate surface area is 119 Å². The molecule has 1 unspecified atom stereocenters. The van der Waals surface area contributed by atoms with E-state index in [1.165, 1.54) is 14.2 Å². The van der Waals surface area contributed by atoms with Crippen molar-refractivity contribution in [3.8, 4) is 11.5 Å². The maximum absolute atomic E-state index is 12.1. The van der Waals surface area contributed by atoms with Crippen LogP contribution in [0.3, 0.4) is 0 Å². The number of nitrogens with one attached hydrogen (secondary N) is 1. The first-order valence-electron chi connectivity index (χ1n) is 6.44. The molecule has 0 aromatic heterocycles. The molecule has 1 aromatic carbocycles. The molecule has 0 radical (unpaired) electrons. The van der Waals surface area contributed by atoms with E-state index in [2.05, 4.69) is 5.32 Å². The van der Waals surface area contributed by atoms with Crippen molar-refractivity contribution in [2.24, 2.45) is 0 Å². The largest absolute Gasteiger partial charge is 0.493 e. The van der Waals surface area contributed by atoms with Gasteiger partial charge in [0.15, 0.2) is 11.5 Å². The number of carbonyl (C=O) groups is 1. The van der Waals surface area contributed by atoms with Gasteiger partial charge in [0.25, 0.3) is 5.91 Å². The Morgan fingerprint density at radius 1 is 1.30 bits per heavy atom. The minimum Gasteiger partial charge on any atom is -0.493 e. The molecule has 112 valence electrons. The minimum absolute atomic E-state index is 0.0506. The molecule has 20 heavy (non-hydrogen) atoms. The Morgan fingerprint density at radius 3 is 2.45 bits per heavy atom.